The van der Waals surface area contributed by atoms with Crippen LogP contribution < -0.4 is 19.5 Å². The number of hydrogen-bond acceptors (Lipinski definition) is 4. The predicted octanol–water partition coefficient (Wildman–Crippen LogP) is 3.91. The van der Waals surface area contributed by atoms with Crippen LogP contribution in [0.5, 0.6) is 17.2 Å². The molecule has 1 unspecified atom stereocenters. The molecule has 3 rings (SSSR count). The normalized spacial score (nSPS) is 16.5. The summed E-state index contributed by atoms with van der Waals surface area (Å²) in [5, 5.41) is 4.20. The Morgan fingerprint density at radius 1 is 1.00 bits per heavy atom. The van der Waals surface area contributed by atoms with Gasteiger partial charge in [-0.05, 0) is 36.6 Å². The summed E-state index contributed by atoms with van der Waals surface area (Å²) in [5.41, 5.74) is 4.47. The molecule has 2 aromatic rings. The van der Waals surface area contributed by atoms with Gasteiger partial charge in [0.1, 0.15) is 5.75 Å². The van der Waals surface area contributed by atoms with Gasteiger partial charge in [-0.2, -0.15) is 0 Å². The van der Waals surface area contributed by atoms with E-state index in [2.05, 4.69) is 17.4 Å². The molecule has 0 fully saturated rings. The number of aryl methyl sites for hydroxylation is 1. The summed E-state index contributed by atoms with van der Waals surface area (Å²) in [4.78, 5) is 0. The van der Waals surface area contributed by atoms with Crippen molar-refractivity contribution >= 4 is 11.6 Å². The number of halogens is 1. The summed E-state index contributed by atoms with van der Waals surface area (Å²) < 4.78 is 16.6. The van der Waals surface area contributed by atoms with Crippen LogP contribution >= 0.6 is 11.6 Å². The number of hydrogen-bond donors (Lipinski definition) is 1. The molecule has 1 N–H and O–H groups in total. The van der Waals surface area contributed by atoms with Gasteiger partial charge in [0.15, 0.2) is 11.5 Å². The molecule has 24 heavy (non-hydrogen) atoms. The van der Waals surface area contributed by atoms with E-state index < -0.39 is 0 Å². The minimum Gasteiger partial charge on any atom is -0.495 e. The summed E-state index contributed by atoms with van der Waals surface area (Å²) in [6.07, 6.45) is 0.883. The van der Waals surface area contributed by atoms with Gasteiger partial charge < -0.3 is 19.5 Å². The molecule has 0 radical (unpaired) electrons. The first-order valence-electron chi connectivity index (χ1n) is 7.91. The maximum Gasteiger partial charge on any atom is 0.164 e. The standard InChI is InChI=1S/C19H22ClNO3/c1-11-9-14(18(23-3)15(20)10-11)17-12-5-6-16(22-2)19(24-4)13(12)7-8-21-17/h5-6,9-10,17,21H,7-8H2,1-4H3. The van der Waals surface area contributed by atoms with Crippen LogP contribution in [0.3, 0.4) is 0 Å². The van der Waals surface area contributed by atoms with Crippen LogP contribution in [0.2, 0.25) is 5.02 Å². The van der Waals surface area contributed by atoms with E-state index in [1.165, 1.54) is 11.1 Å². The lowest BCUT2D eigenvalue weighted by atomic mass is 9.88. The van der Waals surface area contributed by atoms with E-state index in [-0.39, 0.29) is 6.04 Å². The van der Waals surface area contributed by atoms with Crippen LogP contribution in [0.1, 0.15) is 28.3 Å². The second-order valence-corrected chi connectivity index (χ2v) is 6.28. The van der Waals surface area contributed by atoms with Crippen LogP contribution in [-0.2, 0) is 6.42 Å². The Balaban J connectivity index is 2.18. The Morgan fingerprint density at radius 2 is 1.75 bits per heavy atom. The molecule has 0 amide bonds. The molecule has 0 saturated heterocycles. The van der Waals surface area contributed by atoms with Crippen molar-refractivity contribution < 1.29 is 14.2 Å². The van der Waals surface area contributed by atoms with Crippen molar-refractivity contribution in [2.24, 2.45) is 0 Å². The maximum atomic E-state index is 6.39. The number of fused-ring (bicyclic) bond motifs is 1. The van der Waals surface area contributed by atoms with Crippen molar-refractivity contribution in [3.63, 3.8) is 0 Å². The molecule has 1 aliphatic rings. The van der Waals surface area contributed by atoms with Gasteiger partial charge in [-0.15, -0.1) is 0 Å². The second-order valence-electron chi connectivity index (χ2n) is 5.88. The summed E-state index contributed by atoms with van der Waals surface area (Å²) in [5.74, 6) is 2.27. The molecule has 1 aliphatic heterocycles. The quantitative estimate of drug-likeness (QED) is 0.910. The average molecular weight is 348 g/mol. The van der Waals surface area contributed by atoms with Gasteiger partial charge in [0.25, 0.3) is 0 Å². The molecule has 4 nitrogen and oxygen atoms in total. The van der Waals surface area contributed by atoms with E-state index >= 15 is 0 Å². The lowest BCUT2D eigenvalue weighted by Gasteiger charge is -2.30. The van der Waals surface area contributed by atoms with Crippen molar-refractivity contribution in [1.29, 1.82) is 0 Å². The zero-order chi connectivity index (χ0) is 17.3. The summed E-state index contributed by atoms with van der Waals surface area (Å²) >= 11 is 6.39. The highest BCUT2D eigenvalue weighted by molar-refractivity contribution is 6.32. The molecule has 0 saturated carbocycles. The molecule has 0 bridgehead atoms. The van der Waals surface area contributed by atoms with E-state index in [0.29, 0.717) is 10.8 Å². The van der Waals surface area contributed by atoms with Crippen LogP contribution in [-0.4, -0.2) is 27.9 Å². The van der Waals surface area contributed by atoms with Crippen molar-refractivity contribution in [1.82, 2.24) is 5.32 Å². The molecule has 0 aromatic heterocycles. The van der Waals surface area contributed by atoms with Crippen LogP contribution in [0.4, 0.5) is 0 Å². The Labute approximate surface area is 147 Å². The fraction of sp³-hybridized carbons (Fsp3) is 0.368. The molecule has 1 heterocycles. The monoisotopic (exact) mass is 347 g/mol. The molecule has 2 aromatic carbocycles. The van der Waals surface area contributed by atoms with Gasteiger partial charge in [-0.25, -0.2) is 0 Å². The minimum absolute atomic E-state index is 0.000839. The smallest absolute Gasteiger partial charge is 0.164 e. The van der Waals surface area contributed by atoms with Gasteiger partial charge in [0, 0.05) is 17.7 Å². The largest absolute Gasteiger partial charge is 0.495 e. The molecule has 0 aliphatic carbocycles. The van der Waals surface area contributed by atoms with Crippen molar-refractivity contribution in [3.8, 4) is 17.2 Å². The van der Waals surface area contributed by atoms with E-state index in [9.17, 15) is 0 Å². The molecule has 128 valence electrons. The highest BCUT2D eigenvalue weighted by atomic mass is 35.5. The third-order valence-corrected chi connectivity index (χ3v) is 4.73. The Kier molecular flexibility index (Phi) is 4.88. The van der Waals surface area contributed by atoms with Crippen LogP contribution in [0.15, 0.2) is 24.3 Å². The Bertz CT molecular complexity index is 761. The first kappa shape index (κ1) is 16.9. The minimum atomic E-state index is 0.000839. The molecule has 0 spiro atoms. The average Bonchev–Trinajstić information content (AvgIpc) is 2.59. The predicted molar refractivity (Wildman–Crippen MR) is 95.8 cm³/mol. The second kappa shape index (κ2) is 6.91. The zero-order valence-electron chi connectivity index (χ0n) is 14.4. The van der Waals surface area contributed by atoms with Gasteiger partial charge in [-0.1, -0.05) is 23.7 Å². The number of ether oxygens (including phenoxy) is 3. The fourth-order valence-corrected chi connectivity index (χ4v) is 3.81. The lowest BCUT2D eigenvalue weighted by Crippen LogP contribution is -2.31. The summed E-state index contributed by atoms with van der Waals surface area (Å²) in [7, 11) is 4.99. The third-order valence-electron chi connectivity index (χ3n) is 4.45. The zero-order valence-corrected chi connectivity index (χ0v) is 15.2. The van der Waals surface area contributed by atoms with E-state index in [0.717, 1.165) is 35.6 Å². The number of nitrogens with one attached hydrogen (secondary N) is 1. The molecular weight excluding hydrogens is 326 g/mol. The van der Waals surface area contributed by atoms with Gasteiger partial charge in [0.2, 0.25) is 0 Å². The lowest BCUT2D eigenvalue weighted by molar-refractivity contribution is 0.348. The SMILES string of the molecule is COc1ccc2c(c1OC)CCNC2c1cc(C)cc(Cl)c1OC. The van der Waals surface area contributed by atoms with E-state index in [1.54, 1.807) is 21.3 Å². The van der Waals surface area contributed by atoms with Crippen LogP contribution in [0, 0.1) is 6.92 Å². The molecular formula is C19H22ClNO3. The van der Waals surface area contributed by atoms with Crippen molar-refractivity contribution in [2.45, 2.75) is 19.4 Å². The van der Waals surface area contributed by atoms with Gasteiger partial charge >= 0.3 is 0 Å². The third kappa shape index (κ3) is 2.80. The Morgan fingerprint density at radius 3 is 2.42 bits per heavy atom. The van der Waals surface area contributed by atoms with Crippen molar-refractivity contribution in [3.05, 3.63) is 51.5 Å². The number of methoxy groups -OCH3 is 3. The highest BCUT2D eigenvalue weighted by Crippen LogP contribution is 2.43. The first-order chi connectivity index (χ1) is 11.6. The van der Waals surface area contributed by atoms with Crippen LogP contribution in [0.25, 0.3) is 0 Å². The molecule has 1 atom stereocenters. The van der Waals surface area contributed by atoms with E-state index in [1.807, 2.05) is 19.1 Å². The van der Waals surface area contributed by atoms with Gasteiger partial charge in [0.05, 0.1) is 32.4 Å². The number of rotatable bonds is 4. The Hall–Kier alpha value is -1.91. The molecule has 5 heteroatoms. The van der Waals surface area contributed by atoms with E-state index in [4.69, 9.17) is 25.8 Å². The summed E-state index contributed by atoms with van der Waals surface area (Å²) in [6.45, 7) is 2.88. The maximum absolute atomic E-state index is 6.39. The van der Waals surface area contributed by atoms with Crippen molar-refractivity contribution in [2.75, 3.05) is 27.9 Å². The first-order valence-corrected chi connectivity index (χ1v) is 8.29. The van der Waals surface area contributed by atoms with Gasteiger partial charge in [-0.3, -0.25) is 0 Å². The topological polar surface area (TPSA) is 39.7 Å². The summed E-state index contributed by atoms with van der Waals surface area (Å²) in [6, 6.07) is 8.07. The highest BCUT2D eigenvalue weighted by Gasteiger charge is 2.28. The fourth-order valence-electron chi connectivity index (χ4n) is 3.45. The number of benzene rings is 2.